The first-order valence-corrected chi connectivity index (χ1v) is 8.42. The van der Waals surface area contributed by atoms with Crippen LogP contribution in [0.5, 0.6) is 0 Å². The molecule has 24 heavy (non-hydrogen) atoms. The van der Waals surface area contributed by atoms with Crippen LogP contribution in [0.3, 0.4) is 0 Å². The van der Waals surface area contributed by atoms with E-state index in [4.69, 9.17) is 0 Å². The second-order valence-corrected chi connectivity index (χ2v) is 6.38. The summed E-state index contributed by atoms with van der Waals surface area (Å²) in [4.78, 5) is 28.4. The van der Waals surface area contributed by atoms with Gasteiger partial charge in [0.1, 0.15) is 5.52 Å². The van der Waals surface area contributed by atoms with E-state index in [0.717, 1.165) is 17.6 Å². The summed E-state index contributed by atoms with van der Waals surface area (Å²) in [7, 11) is 0. The van der Waals surface area contributed by atoms with Crippen molar-refractivity contribution < 1.29 is 9.59 Å². The van der Waals surface area contributed by atoms with Gasteiger partial charge in [0.2, 0.25) is 5.91 Å². The lowest BCUT2D eigenvalue weighted by Crippen LogP contribution is -2.51. The number of fused-ring (bicyclic) bond motifs is 1. The van der Waals surface area contributed by atoms with Crippen molar-refractivity contribution in [3.05, 3.63) is 23.8 Å². The summed E-state index contributed by atoms with van der Waals surface area (Å²) in [5.74, 6) is 0.134. The van der Waals surface area contributed by atoms with Crippen LogP contribution in [0, 0.1) is 5.92 Å². The fourth-order valence-corrected chi connectivity index (χ4v) is 3.02. The van der Waals surface area contributed by atoms with Gasteiger partial charge < -0.3 is 9.80 Å². The van der Waals surface area contributed by atoms with Gasteiger partial charge in [0.25, 0.3) is 5.91 Å². The van der Waals surface area contributed by atoms with Crippen LogP contribution >= 0.6 is 0 Å². The molecule has 0 bridgehead atoms. The van der Waals surface area contributed by atoms with Crippen LogP contribution in [0.2, 0.25) is 0 Å². The van der Waals surface area contributed by atoms with E-state index in [2.05, 4.69) is 10.3 Å². The quantitative estimate of drug-likeness (QED) is 0.853. The zero-order valence-electron chi connectivity index (χ0n) is 14.4. The Kier molecular flexibility index (Phi) is 4.51. The van der Waals surface area contributed by atoms with E-state index in [9.17, 15) is 9.59 Å². The largest absolute Gasteiger partial charge is 0.339 e. The van der Waals surface area contributed by atoms with E-state index in [1.807, 2.05) is 37.8 Å². The Bertz CT molecular complexity index is 759. The van der Waals surface area contributed by atoms with Gasteiger partial charge >= 0.3 is 0 Å². The minimum Gasteiger partial charge on any atom is -0.339 e. The van der Waals surface area contributed by atoms with Gasteiger partial charge in [-0.3, -0.25) is 9.59 Å². The first-order valence-electron chi connectivity index (χ1n) is 8.42. The van der Waals surface area contributed by atoms with Crippen molar-refractivity contribution in [1.82, 2.24) is 24.8 Å². The van der Waals surface area contributed by atoms with Crippen LogP contribution in [-0.4, -0.2) is 62.8 Å². The Balaban J connectivity index is 1.70. The molecule has 1 aromatic carbocycles. The molecular weight excluding hydrogens is 306 g/mol. The monoisotopic (exact) mass is 329 g/mol. The van der Waals surface area contributed by atoms with Crippen molar-refractivity contribution in [1.29, 1.82) is 0 Å². The molecule has 0 saturated carbocycles. The number of hydrogen-bond acceptors (Lipinski definition) is 4. The van der Waals surface area contributed by atoms with E-state index in [0.29, 0.717) is 31.7 Å². The molecule has 2 amide bonds. The Morgan fingerprint density at radius 3 is 2.42 bits per heavy atom. The van der Waals surface area contributed by atoms with Crippen LogP contribution in [0.4, 0.5) is 0 Å². The van der Waals surface area contributed by atoms with Crippen molar-refractivity contribution in [2.24, 2.45) is 5.92 Å². The molecule has 7 heteroatoms. The highest BCUT2D eigenvalue weighted by Crippen LogP contribution is 2.16. The van der Waals surface area contributed by atoms with Gasteiger partial charge in [-0.05, 0) is 25.1 Å². The average molecular weight is 329 g/mol. The van der Waals surface area contributed by atoms with Crippen LogP contribution in [0.25, 0.3) is 11.0 Å². The molecule has 0 aliphatic carbocycles. The number of benzene rings is 1. The number of aryl methyl sites for hydroxylation is 1. The van der Waals surface area contributed by atoms with Crippen molar-refractivity contribution in [2.45, 2.75) is 27.3 Å². The van der Waals surface area contributed by atoms with Crippen molar-refractivity contribution in [3.8, 4) is 0 Å². The molecule has 1 fully saturated rings. The molecule has 0 N–H and O–H groups in total. The van der Waals surface area contributed by atoms with Gasteiger partial charge in [-0.15, -0.1) is 5.10 Å². The van der Waals surface area contributed by atoms with Gasteiger partial charge in [0, 0.05) is 44.2 Å². The molecule has 3 rings (SSSR count). The first-order chi connectivity index (χ1) is 11.5. The summed E-state index contributed by atoms with van der Waals surface area (Å²) in [6.45, 7) is 8.87. The number of aromatic nitrogens is 3. The average Bonchev–Trinajstić information content (AvgIpc) is 3.02. The Labute approximate surface area is 141 Å². The zero-order valence-corrected chi connectivity index (χ0v) is 14.4. The van der Waals surface area contributed by atoms with Gasteiger partial charge in [-0.1, -0.05) is 19.1 Å². The normalized spacial score (nSPS) is 15.3. The topological polar surface area (TPSA) is 71.3 Å². The van der Waals surface area contributed by atoms with E-state index in [1.54, 1.807) is 15.6 Å². The number of amides is 2. The molecule has 0 spiro atoms. The highest BCUT2D eigenvalue weighted by atomic mass is 16.2. The lowest BCUT2D eigenvalue weighted by molar-refractivity contribution is -0.135. The molecule has 1 saturated heterocycles. The summed E-state index contributed by atoms with van der Waals surface area (Å²) in [5, 5.41) is 8.19. The molecule has 128 valence electrons. The summed E-state index contributed by atoms with van der Waals surface area (Å²) in [6, 6.07) is 5.51. The molecule has 0 unspecified atom stereocenters. The molecule has 0 atom stereocenters. The maximum absolute atomic E-state index is 12.7. The molecule has 1 aliphatic rings. The van der Waals surface area contributed by atoms with Gasteiger partial charge in [-0.2, -0.15) is 0 Å². The lowest BCUT2D eigenvalue weighted by Gasteiger charge is -2.35. The van der Waals surface area contributed by atoms with Crippen molar-refractivity contribution >= 4 is 22.8 Å². The number of carbonyl (C=O) groups excluding carboxylic acids is 2. The molecule has 0 radical (unpaired) electrons. The Morgan fingerprint density at radius 1 is 1.12 bits per heavy atom. The summed E-state index contributed by atoms with van der Waals surface area (Å²) >= 11 is 0. The van der Waals surface area contributed by atoms with Crippen molar-refractivity contribution in [2.75, 3.05) is 26.2 Å². The number of hydrogen-bond donors (Lipinski definition) is 0. The lowest BCUT2D eigenvalue weighted by atomic mass is 10.1. The molecule has 2 heterocycles. The van der Waals surface area contributed by atoms with Gasteiger partial charge in [0.05, 0.1) is 5.52 Å². The first kappa shape index (κ1) is 16.4. The Morgan fingerprint density at radius 2 is 1.79 bits per heavy atom. The molecule has 1 aromatic heterocycles. The van der Waals surface area contributed by atoms with Crippen molar-refractivity contribution in [3.63, 3.8) is 0 Å². The summed E-state index contributed by atoms with van der Waals surface area (Å²) < 4.78 is 1.81. The number of piperazine rings is 1. The predicted octanol–water partition coefficient (Wildman–Crippen LogP) is 1.39. The van der Waals surface area contributed by atoms with E-state index < -0.39 is 0 Å². The minimum atomic E-state index is -0.0143. The predicted molar refractivity (Wildman–Crippen MR) is 90.5 cm³/mol. The number of rotatable bonds is 3. The fourth-order valence-electron chi connectivity index (χ4n) is 3.02. The molecular formula is C17H23N5O2. The standard InChI is InChI=1S/C17H23N5O2/c1-4-22-15-6-5-13(11-14(15)18-19-22)17(24)21-9-7-20(8-10-21)16(23)12(2)3/h5-6,11-12H,4,7-10H2,1-3H3. The minimum absolute atomic E-state index is 0.00386. The maximum Gasteiger partial charge on any atom is 0.254 e. The SMILES string of the molecule is CCn1nnc2cc(C(=O)N3CCN(C(=O)C(C)C)CC3)ccc21. The van der Waals surface area contributed by atoms with Crippen LogP contribution in [0.1, 0.15) is 31.1 Å². The second kappa shape index (κ2) is 6.59. The van der Waals surface area contributed by atoms with Crippen LogP contribution in [-0.2, 0) is 11.3 Å². The molecule has 1 aliphatic heterocycles. The van der Waals surface area contributed by atoms with Crippen LogP contribution in [0.15, 0.2) is 18.2 Å². The zero-order chi connectivity index (χ0) is 17.3. The van der Waals surface area contributed by atoms with E-state index >= 15 is 0 Å². The molecule has 7 nitrogen and oxygen atoms in total. The number of carbonyl (C=O) groups is 2. The third-order valence-electron chi connectivity index (χ3n) is 4.43. The highest BCUT2D eigenvalue weighted by Gasteiger charge is 2.26. The third-order valence-corrected chi connectivity index (χ3v) is 4.43. The van der Waals surface area contributed by atoms with Crippen LogP contribution < -0.4 is 0 Å². The maximum atomic E-state index is 12.7. The van der Waals surface area contributed by atoms with Gasteiger partial charge in [-0.25, -0.2) is 4.68 Å². The summed E-state index contributed by atoms with van der Waals surface area (Å²) in [6.07, 6.45) is 0. The number of nitrogens with zero attached hydrogens (tertiary/aromatic N) is 5. The second-order valence-electron chi connectivity index (χ2n) is 6.38. The Hall–Kier alpha value is -2.44. The van der Waals surface area contributed by atoms with Gasteiger partial charge in [0.15, 0.2) is 0 Å². The molecule has 2 aromatic rings. The van der Waals surface area contributed by atoms with E-state index in [-0.39, 0.29) is 17.7 Å². The smallest absolute Gasteiger partial charge is 0.254 e. The summed E-state index contributed by atoms with van der Waals surface area (Å²) in [5.41, 5.74) is 2.28. The van der Waals surface area contributed by atoms with E-state index in [1.165, 1.54) is 0 Å². The third kappa shape index (κ3) is 2.98. The fraction of sp³-hybridized carbons (Fsp3) is 0.529. The highest BCUT2D eigenvalue weighted by molar-refractivity contribution is 5.97.